The molecule has 0 amide bonds. The van der Waals surface area contributed by atoms with Crippen LogP contribution in [0.25, 0.3) is 0 Å². The molecule has 0 fully saturated rings. The molecule has 1 aromatic heterocycles. The SMILES string of the molecule is CCC[CH2][Sn]([CH2]CCC)([CH2]CCC)[c]1ccc([C@H](C[C@H]2C(C)=CCC(C(C)C)[C@@H]2CC=O)O[Si](c2ccccc2)(c2ccccc2)C(C)(C)C)o1. The van der Waals surface area contributed by atoms with Gasteiger partial charge in [0.2, 0.25) is 0 Å². The molecule has 0 N–H and O–H groups in total. The summed E-state index contributed by atoms with van der Waals surface area (Å²) in [5.74, 6) is 2.54. The predicted molar refractivity (Wildman–Crippen MR) is 224 cm³/mol. The summed E-state index contributed by atoms with van der Waals surface area (Å²) in [5.41, 5.74) is 1.41. The monoisotopic (exact) mass is 818 g/mol. The van der Waals surface area contributed by atoms with Crippen LogP contribution in [0.4, 0.5) is 0 Å². The van der Waals surface area contributed by atoms with Crippen molar-refractivity contribution in [1.29, 1.82) is 0 Å². The fourth-order valence-corrected chi connectivity index (χ4v) is 29.2. The molecular weight excluding hydrogens is 747 g/mol. The molecule has 1 aliphatic carbocycles. The van der Waals surface area contributed by atoms with Gasteiger partial charge in [-0.25, -0.2) is 0 Å². The van der Waals surface area contributed by atoms with E-state index in [2.05, 4.69) is 141 Å². The summed E-state index contributed by atoms with van der Waals surface area (Å²) in [6.45, 7) is 21.1. The van der Waals surface area contributed by atoms with Gasteiger partial charge in [0.1, 0.15) is 0 Å². The molecule has 0 saturated heterocycles. The Hall–Kier alpha value is -1.89. The topological polar surface area (TPSA) is 39.4 Å². The molecule has 1 heterocycles. The zero-order chi connectivity index (χ0) is 37.1. The number of carbonyl (C=O) groups is 1. The summed E-state index contributed by atoms with van der Waals surface area (Å²) < 4.78 is 20.9. The standard InChI is InChI=1S/C34H43O3Si.3C4H9.Sn/c1-25(2)29-20-19-26(3)31(30(29)21-22-35)24-33(32-18-13-23-36-32)37-38(34(4,5)6,27-14-9-7-10-15-27)28-16-11-8-12-17-28;3*1-3-4-2;/h7-19,22,25,29-31,33H,20-21,24H2,1-6H3;3*1,3-4H2,2H3;/t29?,30-,31-,33-;;;;/m0..../s1. The van der Waals surface area contributed by atoms with Gasteiger partial charge in [-0.2, -0.15) is 0 Å². The Balaban J connectivity index is 1.95. The van der Waals surface area contributed by atoms with Crippen molar-refractivity contribution in [1.82, 2.24) is 0 Å². The average molecular weight is 818 g/mol. The third-order valence-corrected chi connectivity index (χ3v) is 32.3. The number of carbonyl (C=O) groups excluding carboxylic acids is 1. The van der Waals surface area contributed by atoms with Crippen LogP contribution in [-0.2, 0) is 9.22 Å². The molecule has 0 saturated carbocycles. The molecule has 0 bridgehead atoms. The van der Waals surface area contributed by atoms with Gasteiger partial charge in [-0.3, -0.25) is 0 Å². The Bertz CT molecular complexity index is 1430. The molecular formula is C46H70O3SiSn. The van der Waals surface area contributed by atoms with Crippen LogP contribution in [0.15, 0.2) is 88.9 Å². The van der Waals surface area contributed by atoms with E-state index in [0.29, 0.717) is 24.2 Å². The maximum absolute atomic E-state index is 12.3. The quantitative estimate of drug-likeness (QED) is 0.0648. The fraction of sp³-hybridized carbons (Fsp3) is 0.587. The zero-order valence-electron chi connectivity index (χ0n) is 33.7. The minimum absolute atomic E-state index is 0.157. The summed E-state index contributed by atoms with van der Waals surface area (Å²) in [7, 11) is -2.91. The summed E-state index contributed by atoms with van der Waals surface area (Å²) in [6, 6.07) is 26.9. The number of furan rings is 1. The van der Waals surface area contributed by atoms with Crippen LogP contribution >= 0.6 is 0 Å². The van der Waals surface area contributed by atoms with Crippen molar-refractivity contribution in [2.45, 2.75) is 145 Å². The number of hydrogen-bond donors (Lipinski definition) is 0. The van der Waals surface area contributed by atoms with E-state index in [-0.39, 0.29) is 17.1 Å². The van der Waals surface area contributed by atoms with E-state index in [0.717, 1.165) is 18.6 Å². The van der Waals surface area contributed by atoms with Crippen LogP contribution in [-0.4, -0.2) is 33.0 Å². The molecule has 4 atom stereocenters. The summed E-state index contributed by atoms with van der Waals surface area (Å²) >= 11 is -2.85. The number of allylic oxidation sites excluding steroid dienone is 2. The second-order valence-electron chi connectivity index (χ2n) is 17.1. The van der Waals surface area contributed by atoms with Crippen LogP contribution in [0.2, 0.25) is 18.3 Å². The molecule has 3 nitrogen and oxygen atoms in total. The minimum atomic E-state index is -2.91. The third kappa shape index (κ3) is 9.81. The number of aldehydes is 1. The van der Waals surface area contributed by atoms with Gasteiger partial charge in [0.05, 0.1) is 0 Å². The number of hydrogen-bond acceptors (Lipinski definition) is 3. The van der Waals surface area contributed by atoms with Crippen molar-refractivity contribution in [2.24, 2.45) is 23.7 Å². The fourth-order valence-electron chi connectivity index (χ4n) is 9.32. The second kappa shape index (κ2) is 19.4. The van der Waals surface area contributed by atoms with E-state index in [1.54, 1.807) is 0 Å². The van der Waals surface area contributed by atoms with E-state index in [4.69, 9.17) is 8.84 Å². The van der Waals surface area contributed by atoms with Gasteiger partial charge >= 0.3 is 319 Å². The zero-order valence-corrected chi connectivity index (χ0v) is 37.5. The summed E-state index contributed by atoms with van der Waals surface area (Å²) in [5, 5.41) is 2.43. The number of rotatable bonds is 20. The van der Waals surface area contributed by atoms with Crippen LogP contribution in [0.3, 0.4) is 0 Å². The van der Waals surface area contributed by atoms with Crippen molar-refractivity contribution < 1.29 is 13.6 Å². The van der Waals surface area contributed by atoms with Crippen LogP contribution in [0.1, 0.15) is 132 Å². The van der Waals surface area contributed by atoms with Gasteiger partial charge in [-0.1, -0.05) is 0 Å². The average Bonchev–Trinajstić information content (AvgIpc) is 3.62. The Morgan fingerprint density at radius 1 is 0.843 bits per heavy atom. The van der Waals surface area contributed by atoms with Gasteiger partial charge in [0.15, 0.2) is 0 Å². The first-order chi connectivity index (χ1) is 24.5. The Morgan fingerprint density at radius 3 is 1.82 bits per heavy atom. The van der Waals surface area contributed by atoms with Gasteiger partial charge in [0, 0.05) is 0 Å². The first kappa shape index (κ1) is 41.9. The molecule has 5 heteroatoms. The van der Waals surface area contributed by atoms with Crippen molar-refractivity contribution in [3.63, 3.8) is 0 Å². The third-order valence-electron chi connectivity index (χ3n) is 12.3. The first-order valence-corrected chi connectivity index (χ1v) is 29.9. The van der Waals surface area contributed by atoms with Crippen LogP contribution < -0.4 is 14.1 Å². The Morgan fingerprint density at radius 2 is 1.37 bits per heavy atom. The van der Waals surface area contributed by atoms with E-state index >= 15 is 0 Å². The van der Waals surface area contributed by atoms with Gasteiger partial charge in [-0.15, -0.1) is 0 Å². The van der Waals surface area contributed by atoms with Gasteiger partial charge in [0.25, 0.3) is 0 Å². The maximum atomic E-state index is 12.3. The van der Waals surface area contributed by atoms with Crippen molar-refractivity contribution in [3.05, 3.63) is 90.2 Å². The molecule has 51 heavy (non-hydrogen) atoms. The second-order valence-corrected chi connectivity index (χ2v) is 34.3. The molecule has 280 valence electrons. The van der Waals surface area contributed by atoms with Crippen LogP contribution in [0, 0.1) is 23.7 Å². The molecule has 4 rings (SSSR count). The van der Waals surface area contributed by atoms with Crippen LogP contribution in [0.5, 0.6) is 0 Å². The summed E-state index contributed by atoms with van der Waals surface area (Å²) in [4.78, 5) is 12.3. The van der Waals surface area contributed by atoms with Crippen molar-refractivity contribution >= 4 is 47.1 Å². The van der Waals surface area contributed by atoms with E-state index < -0.39 is 26.7 Å². The Labute approximate surface area is 317 Å². The van der Waals surface area contributed by atoms with Crippen molar-refractivity contribution in [3.8, 4) is 0 Å². The predicted octanol–water partition coefficient (Wildman–Crippen LogP) is 11.8. The molecule has 0 radical (unpaired) electrons. The first-order valence-electron chi connectivity index (χ1n) is 20.5. The molecule has 2 aromatic carbocycles. The van der Waals surface area contributed by atoms with E-state index in [1.807, 2.05) is 0 Å². The van der Waals surface area contributed by atoms with Gasteiger partial charge in [-0.05, 0) is 0 Å². The molecule has 3 aromatic rings. The molecule has 0 spiro atoms. The Kier molecular flexibility index (Phi) is 16.0. The molecule has 0 aliphatic heterocycles. The van der Waals surface area contributed by atoms with E-state index in [1.165, 1.54) is 77.8 Å². The number of benzene rings is 2. The van der Waals surface area contributed by atoms with Gasteiger partial charge < -0.3 is 0 Å². The van der Waals surface area contributed by atoms with E-state index in [9.17, 15) is 4.79 Å². The summed E-state index contributed by atoms with van der Waals surface area (Å²) in [6.07, 6.45) is 13.5. The molecule has 1 aliphatic rings. The molecule has 1 unspecified atom stereocenters. The number of unbranched alkanes of at least 4 members (excludes halogenated alkanes) is 3. The van der Waals surface area contributed by atoms with Crippen molar-refractivity contribution in [2.75, 3.05) is 0 Å². The normalized spacial score (nSPS) is 19.3.